The van der Waals surface area contributed by atoms with E-state index in [0.717, 1.165) is 12.0 Å². The largest absolute Gasteiger partial charge is 0.312 e. The van der Waals surface area contributed by atoms with Crippen LogP contribution in [0.4, 0.5) is 0 Å². The summed E-state index contributed by atoms with van der Waals surface area (Å²) in [6.07, 6.45) is 4.23. The molecule has 0 unspecified atom stereocenters. The van der Waals surface area contributed by atoms with E-state index in [1.165, 1.54) is 19.3 Å². The zero-order chi connectivity index (χ0) is 7.56. The first-order valence-electron chi connectivity index (χ1n) is 4.46. The molecule has 1 aliphatic carbocycles. The van der Waals surface area contributed by atoms with Crippen molar-refractivity contribution < 1.29 is 0 Å². The highest BCUT2D eigenvalue weighted by Crippen LogP contribution is 2.24. The zero-order valence-electron chi connectivity index (χ0n) is 7.35. The summed E-state index contributed by atoms with van der Waals surface area (Å²) >= 11 is 0. The molecule has 1 saturated carbocycles. The Labute approximate surface area is 64.2 Å². The predicted octanol–water partition coefficient (Wildman–Crippen LogP) is 2.17. The van der Waals surface area contributed by atoms with Crippen LogP contribution in [0.25, 0.3) is 0 Å². The van der Waals surface area contributed by atoms with Gasteiger partial charge in [-0.05, 0) is 18.8 Å². The van der Waals surface area contributed by atoms with E-state index in [1.54, 1.807) is 0 Å². The molecule has 0 radical (unpaired) electrons. The van der Waals surface area contributed by atoms with Crippen molar-refractivity contribution in [2.45, 2.75) is 52.1 Å². The molecule has 0 saturated heterocycles. The van der Waals surface area contributed by atoms with Crippen LogP contribution in [0.15, 0.2) is 0 Å². The lowest BCUT2D eigenvalue weighted by Gasteiger charge is -2.19. The average Bonchev–Trinajstić information content (AvgIpc) is 2.15. The van der Waals surface area contributed by atoms with E-state index in [4.69, 9.17) is 0 Å². The average molecular weight is 141 g/mol. The summed E-state index contributed by atoms with van der Waals surface area (Å²) in [6.45, 7) is 6.81. The molecule has 0 bridgehead atoms. The molecule has 0 spiro atoms. The van der Waals surface area contributed by atoms with Gasteiger partial charge in [-0.15, -0.1) is 0 Å². The van der Waals surface area contributed by atoms with Gasteiger partial charge in [-0.25, -0.2) is 0 Å². The molecule has 0 aliphatic heterocycles. The number of hydrogen-bond donors (Lipinski definition) is 1. The van der Waals surface area contributed by atoms with Gasteiger partial charge < -0.3 is 5.32 Å². The molecule has 1 fully saturated rings. The van der Waals surface area contributed by atoms with Gasteiger partial charge in [0, 0.05) is 12.1 Å². The summed E-state index contributed by atoms with van der Waals surface area (Å²) in [5.74, 6) is 0.905. The minimum Gasteiger partial charge on any atom is -0.312 e. The van der Waals surface area contributed by atoms with Gasteiger partial charge in [-0.2, -0.15) is 0 Å². The molecular formula is C9H19N. The van der Waals surface area contributed by atoms with Crippen molar-refractivity contribution in [2.75, 3.05) is 0 Å². The van der Waals surface area contributed by atoms with Gasteiger partial charge in [0.05, 0.1) is 0 Å². The summed E-state index contributed by atoms with van der Waals surface area (Å²) in [5.41, 5.74) is 0. The quantitative estimate of drug-likeness (QED) is 0.621. The lowest BCUT2D eigenvalue weighted by atomic mass is 10.1. The fourth-order valence-electron chi connectivity index (χ4n) is 1.82. The van der Waals surface area contributed by atoms with Gasteiger partial charge in [-0.1, -0.05) is 27.2 Å². The Morgan fingerprint density at radius 1 is 1.30 bits per heavy atom. The molecule has 1 aliphatic rings. The van der Waals surface area contributed by atoms with Crippen LogP contribution in [-0.4, -0.2) is 12.1 Å². The van der Waals surface area contributed by atoms with Crippen molar-refractivity contribution in [1.82, 2.24) is 5.32 Å². The number of hydrogen-bond acceptors (Lipinski definition) is 1. The Kier molecular flexibility index (Phi) is 2.72. The van der Waals surface area contributed by atoms with Crippen molar-refractivity contribution in [2.24, 2.45) is 5.92 Å². The van der Waals surface area contributed by atoms with E-state index in [2.05, 4.69) is 26.1 Å². The van der Waals surface area contributed by atoms with Crippen molar-refractivity contribution in [3.8, 4) is 0 Å². The van der Waals surface area contributed by atoms with Gasteiger partial charge in [0.1, 0.15) is 0 Å². The van der Waals surface area contributed by atoms with Gasteiger partial charge in [0.2, 0.25) is 0 Å². The first-order chi connectivity index (χ1) is 4.70. The minimum absolute atomic E-state index is 0.658. The van der Waals surface area contributed by atoms with Crippen LogP contribution in [0.2, 0.25) is 0 Å². The minimum atomic E-state index is 0.658. The third-order valence-corrected chi connectivity index (χ3v) is 2.41. The van der Waals surface area contributed by atoms with E-state index in [-0.39, 0.29) is 0 Å². The second-order valence-corrected chi connectivity index (χ2v) is 3.84. The van der Waals surface area contributed by atoms with E-state index in [9.17, 15) is 0 Å². The summed E-state index contributed by atoms with van der Waals surface area (Å²) < 4.78 is 0. The van der Waals surface area contributed by atoms with Crippen LogP contribution in [0, 0.1) is 5.92 Å². The maximum Gasteiger partial charge on any atom is 0.00950 e. The van der Waals surface area contributed by atoms with Crippen molar-refractivity contribution in [1.29, 1.82) is 0 Å². The van der Waals surface area contributed by atoms with Gasteiger partial charge in [-0.3, -0.25) is 0 Å². The standard InChI is InChI=1S/C9H19N/c1-7(2)10-9-6-4-5-8(9)3/h7-10H,4-6H2,1-3H3/t8-,9+/m1/s1. The maximum absolute atomic E-state index is 3.59. The highest BCUT2D eigenvalue weighted by atomic mass is 14.9. The summed E-state index contributed by atoms with van der Waals surface area (Å²) in [4.78, 5) is 0. The van der Waals surface area contributed by atoms with Crippen molar-refractivity contribution in [3.63, 3.8) is 0 Å². The van der Waals surface area contributed by atoms with Crippen LogP contribution in [0.3, 0.4) is 0 Å². The lowest BCUT2D eigenvalue weighted by molar-refractivity contribution is 0.395. The number of nitrogens with one attached hydrogen (secondary N) is 1. The topological polar surface area (TPSA) is 12.0 Å². The molecule has 0 aromatic rings. The van der Waals surface area contributed by atoms with Crippen LogP contribution >= 0.6 is 0 Å². The van der Waals surface area contributed by atoms with E-state index >= 15 is 0 Å². The summed E-state index contributed by atoms with van der Waals surface area (Å²) in [5, 5.41) is 3.59. The molecule has 0 aromatic carbocycles. The highest BCUT2D eigenvalue weighted by molar-refractivity contribution is 4.80. The highest BCUT2D eigenvalue weighted by Gasteiger charge is 2.22. The molecule has 0 amide bonds. The summed E-state index contributed by atoms with van der Waals surface area (Å²) in [6, 6.07) is 1.46. The molecular weight excluding hydrogens is 122 g/mol. The third-order valence-electron chi connectivity index (χ3n) is 2.41. The van der Waals surface area contributed by atoms with E-state index in [1.807, 2.05) is 0 Å². The first-order valence-corrected chi connectivity index (χ1v) is 4.46. The summed E-state index contributed by atoms with van der Waals surface area (Å²) in [7, 11) is 0. The first kappa shape index (κ1) is 8.06. The third kappa shape index (κ3) is 1.98. The van der Waals surface area contributed by atoms with Crippen molar-refractivity contribution in [3.05, 3.63) is 0 Å². The Bertz CT molecular complexity index is 98.9. The maximum atomic E-state index is 3.59. The fraction of sp³-hybridized carbons (Fsp3) is 1.00. The normalized spacial score (nSPS) is 33.6. The van der Waals surface area contributed by atoms with Crippen LogP contribution in [0.5, 0.6) is 0 Å². The smallest absolute Gasteiger partial charge is 0.00950 e. The molecule has 1 heteroatoms. The molecule has 60 valence electrons. The lowest BCUT2D eigenvalue weighted by Crippen LogP contribution is -2.36. The van der Waals surface area contributed by atoms with Gasteiger partial charge >= 0.3 is 0 Å². The molecule has 10 heavy (non-hydrogen) atoms. The van der Waals surface area contributed by atoms with Crippen LogP contribution < -0.4 is 5.32 Å². The molecule has 0 heterocycles. The van der Waals surface area contributed by atoms with E-state index < -0.39 is 0 Å². The SMILES string of the molecule is CC(C)N[C@H]1CCC[C@H]1C. The molecule has 1 N–H and O–H groups in total. The Hall–Kier alpha value is -0.0400. The fourth-order valence-corrected chi connectivity index (χ4v) is 1.82. The molecule has 2 atom stereocenters. The number of rotatable bonds is 2. The van der Waals surface area contributed by atoms with Gasteiger partial charge in [0.15, 0.2) is 0 Å². The van der Waals surface area contributed by atoms with Crippen molar-refractivity contribution >= 4 is 0 Å². The Morgan fingerprint density at radius 2 is 2.00 bits per heavy atom. The van der Waals surface area contributed by atoms with Crippen LogP contribution in [-0.2, 0) is 0 Å². The van der Waals surface area contributed by atoms with Crippen LogP contribution in [0.1, 0.15) is 40.0 Å². The van der Waals surface area contributed by atoms with E-state index in [0.29, 0.717) is 6.04 Å². The molecule has 1 nitrogen and oxygen atoms in total. The second-order valence-electron chi connectivity index (χ2n) is 3.84. The molecule has 0 aromatic heterocycles. The Morgan fingerprint density at radius 3 is 2.40 bits per heavy atom. The predicted molar refractivity (Wildman–Crippen MR) is 45.1 cm³/mol. The zero-order valence-corrected chi connectivity index (χ0v) is 7.35. The Balaban J connectivity index is 2.26. The molecule has 1 rings (SSSR count). The second kappa shape index (κ2) is 3.38. The monoisotopic (exact) mass is 141 g/mol. The van der Waals surface area contributed by atoms with Gasteiger partial charge in [0.25, 0.3) is 0 Å².